The summed E-state index contributed by atoms with van der Waals surface area (Å²) in [7, 11) is 2.05. The van der Waals surface area contributed by atoms with Crippen LogP contribution >= 0.6 is 11.3 Å². The third-order valence-corrected chi connectivity index (χ3v) is 4.47. The predicted octanol–water partition coefficient (Wildman–Crippen LogP) is 1.59. The molecule has 19 heavy (non-hydrogen) atoms. The molecular weight excluding hydrogens is 258 g/mol. The summed E-state index contributed by atoms with van der Waals surface area (Å²) in [6.07, 6.45) is 5.75. The first-order valence-electron chi connectivity index (χ1n) is 6.58. The highest BCUT2D eigenvalue weighted by Crippen LogP contribution is 2.23. The van der Waals surface area contributed by atoms with Crippen LogP contribution in [-0.4, -0.2) is 45.1 Å². The number of piperazine rings is 1. The summed E-state index contributed by atoms with van der Waals surface area (Å²) in [5.41, 5.74) is 0. The van der Waals surface area contributed by atoms with Crippen LogP contribution < -0.4 is 4.90 Å². The van der Waals surface area contributed by atoms with Crippen LogP contribution in [0.15, 0.2) is 24.0 Å². The van der Waals surface area contributed by atoms with Gasteiger partial charge in [-0.1, -0.05) is 0 Å². The number of imidazole rings is 1. The van der Waals surface area contributed by atoms with Crippen LogP contribution in [0.2, 0.25) is 0 Å². The summed E-state index contributed by atoms with van der Waals surface area (Å²) in [6, 6.07) is 0.500. The number of thiazole rings is 1. The maximum atomic E-state index is 4.41. The zero-order valence-electron chi connectivity index (χ0n) is 11.4. The van der Waals surface area contributed by atoms with Gasteiger partial charge < -0.3 is 9.47 Å². The molecule has 0 spiro atoms. The van der Waals surface area contributed by atoms with E-state index in [0.717, 1.165) is 37.1 Å². The molecular formula is C13H19N5S. The highest BCUT2D eigenvalue weighted by Gasteiger charge is 2.25. The van der Waals surface area contributed by atoms with Gasteiger partial charge in [-0.25, -0.2) is 9.97 Å². The van der Waals surface area contributed by atoms with Gasteiger partial charge in [-0.3, -0.25) is 4.90 Å². The molecule has 102 valence electrons. The molecule has 3 rings (SSSR count). The molecule has 6 heteroatoms. The minimum Gasteiger partial charge on any atom is -0.343 e. The second-order valence-corrected chi connectivity index (χ2v) is 5.92. The molecule has 1 atom stereocenters. The summed E-state index contributed by atoms with van der Waals surface area (Å²) >= 11 is 1.72. The number of hydrogen-bond donors (Lipinski definition) is 0. The Morgan fingerprint density at radius 3 is 2.84 bits per heavy atom. The average Bonchev–Trinajstić information content (AvgIpc) is 3.02. The molecule has 1 saturated heterocycles. The molecule has 0 N–H and O–H groups in total. The van der Waals surface area contributed by atoms with Gasteiger partial charge in [0.05, 0.1) is 6.54 Å². The summed E-state index contributed by atoms with van der Waals surface area (Å²) in [5.74, 6) is 1.13. The van der Waals surface area contributed by atoms with E-state index in [0.29, 0.717) is 6.04 Å². The standard InChI is InChI=1S/C13H19N5S/c1-11-9-17(10-12-14-3-5-16(12)2)6-7-18(11)13-15-4-8-19-13/h3-5,8,11H,6-7,9-10H2,1-2H3/t11-/m1/s1. The molecule has 0 aliphatic carbocycles. The normalized spacial score (nSPS) is 20.9. The van der Waals surface area contributed by atoms with Gasteiger partial charge in [0, 0.05) is 56.7 Å². The second-order valence-electron chi connectivity index (χ2n) is 5.05. The van der Waals surface area contributed by atoms with Crippen molar-refractivity contribution in [1.29, 1.82) is 0 Å². The Balaban J connectivity index is 1.63. The van der Waals surface area contributed by atoms with Crippen LogP contribution in [0.3, 0.4) is 0 Å². The van der Waals surface area contributed by atoms with Gasteiger partial charge >= 0.3 is 0 Å². The van der Waals surface area contributed by atoms with Gasteiger partial charge in [-0.15, -0.1) is 11.3 Å². The SMILES string of the molecule is C[C@@H]1CN(Cc2nccn2C)CCN1c1nccs1. The van der Waals surface area contributed by atoms with Crippen LogP contribution in [0.5, 0.6) is 0 Å². The zero-order chi connectivity index (χ0) is 13.2. The first kappa shape index (κ1) is 12.6. The fourth-order valence-electron chi connectivity index (χ4n) is 2.57. The van der Waals surface area contributed by atoms with E-state index in [9.17, 15) is 0 Å². The van der Waals surface area contributed by atoms with Crippen LogP contribution in [0, 0.1) is 0 Å². The maximum Gasteiger partial charge on any atom is 0.185 e. The molecule has 0 amide bonds. The number of aromatic nitrogens is 3. The Morgan fingerprint density at radius 2 is 2.21 bits per heavy atom. The van der Waals surface area contributed by atoms with Gasteiger partial charge in [-0.2, -0.15) is 0 Å². The fourth-order valence-corrected chi connectivity index (χ4v) is 3.34. The smallest absolute Gasteiger partial charge is 0.185 e. The highest BCUT2D eigenvalue weighted by molar-refractivity contribution is 7.13. The molecule has 0 unspecified atom stereocenters. The molecule has 5 nitrogen and oxygen atoms in total. The first-order valence-corrected chi connectivity index (χ1v) is 7.46. The Morgan fingerprint density at radius 1 is 1.32 bits per heavy atom. The Hall–Kier alpha value is -1.40. The minimum atomic E-state index is 0.500. The van der Waals surface area contributed by atoms with Gasteiger partial charge in [-0.05, 0) is 6.92 Å². The Labute approximate surface area is 117 Å². The van der Waals surface area contributed by atoms with Crippen LogP contribution in [-0.2, 0) is 13.6 Å². The van der Waals surface area contributed by atoms with Crippen molar-refractivity contribution in [3.8, 4) is 0 Å². The number of nitrogens with zero attached hydrogens (tertiary/aromatic N) is 5. The summed E-state index contributed by atoms with van der Waals surface area (Å²) in [6.45, 7) is 6.37. The number of anilines is 1. The topological polar surface area (TPSA) is 37.2 Å². The molecule has 0 saturated carbocycles. The maximum absolute atomic E-state index is 4.41. The number of aryl methyl sites for hydroxylation is 1. The third-order valence-electron chi connectivity index (χ3n) is 3.66. The molecule has 2 aromatic heterocycles. The predicted molar refractivity (Wildman–Crippen MR) is 77.4 cm³/mol. The number of rotatable bonds is 3. The number of hydrogen-bond acceptors (Lipinski definition) is 5. The quantitative estimate of drug-likeness (QED) is 0.854. The van der Waals surface area contributed by atoms with E-state index in [-0.39, 0.29) is 0 Å². The summed E-state index contributed by atoms with van der Waals surface area (Å²) in [5, 5.41) is 3.19. The van der Waals surface area contributed by atoms with Gasteiger partial charge in [0.15, 0.2) is 5.13 Å². The van der Waals surface area contributed by atoms with E-state index in [4.69, 9.17) is 0 Å². The van der Waals surface area contributed by atoms with Crippen LogP contribution in [0.25, 0.3) is 0 Å². The molecule has 1 aliphatic rings. The molecule has 3 heterocycles. The second kappa shape index (κ2) is 5.30. The lowest BCUT2D eigenvalue weighted by Gasteiger charge is -2.39. The van der Waals surface area contributed by atoms with E-state index >= 15 is 0 Å². The van der Waals surface area contributed by atoms with Gasteiger partial charge in [0.2, 0.25) is 0 Å². The van der Waals surface area contributed by atoms with Crippen molar-refractivity contribution in [2.45, 2.75) is 19.5 Å². The average molecular weight is 277 g/mol. The van der Waals surface area contributed by atoms with Crippen molar-refractivity contribution in [2.24, 2.45) is 7.05 Å². The Bertz CT molecular complexity index is 521. The largest absolute Gasteiger partial charge is 0.343 e. The van der Waals surface area contributed by atoms with E-state index in [1.807, 2.05) is 24.0 Å². The van der Waals surface area contributed by atoms with E-state index < -0.39 is 0 Å². The zero-order valence-corrected chi connectivity index (χ0v) is 12.2. The highest BCUT2D eigenvalue weighted by atomic mass is 32.1. The van der Waals surface area contributed by atoms with Crippen molar-refractivity contribution < 1.29 is 0 Å². The van der Waals surface area contributed by atoms with Crippen molar-refractivity contribution in [2.75, 3.05) is 24.5 Å². The molecule has 1 fully saturated rings. The lowest BCUT2D eigenvalue weighted by Crippen LogP contribution is -2.51. The lowest BCUT2D eigenvalue weighted by atomic mass is 10.2. The lowest BCUT2D eigenvalue weighted by molar-refractivity contribution is 0.214. The molecule has 2 aromatic rings. The summed E-state index contributed by atoms with van der Waals surface area (Å²) < 4.78 is 2.10. The van der Waals surface area contributed by atoms with E-state index in [2.05, 4.69) is 38.3 Å². The monoisotopic (exact) mass is 277 g/mol. The van der Waals surface area contributed by atoms with Crippen LogP contribution in [0.1, 0.15) is 12.7 Å². The Kier molecular flexibility index (Phi) is 3.52. The van der Waals surface area contributed by atoms with Gasteiger partial charge in [0.1, 0.15) is 5.82 Å². The fraction of sp³-hybridized carbons (Fsp3) is 0.538. The molecule has 1 aliphatic heterocycles. The van der Waals surface area contributed by atoms with E-state index in [1.165, 1.54) is 0 Å². The summed E-state index contributed by atoms with van der Waals surface area (Å²) in [4.78, 5) is 13.7. The molecule has 0 aromatic carbocycles. The van der Waals surface area contributed by atoms with E-state index in [1.54, 1.807) is 11.3 Å². The third kappa shape index (κ3) is 2.64. The minimum absolute atomic E-state index is 0.500. The van der Waals surface area contributed by atoms with Crippen LogP contribution in [0.4, 0.5) is 5.13 Å². The van der Waals surface area contributed by atoms with Crippen molar-refractivity contribution >= 4 is 16.5 Å². The molecule has 0 bridgehead atoms. The van der Waals surface area contributed by atoms with Crippen molar-refractivity contribution in [3.63, 3.8) is 0 Å². The molecule has 0 radical (unpaired) electrons. The van der Waals surface area contributed by atoms with Crippen molar-refractivity contribution in [1.82, 2.24) is 19.4 Å². The first-order chi connectivity index (χ1) is 9.24. The van der Waals surface area contributed by atoms with Gasteiger partial charge in [0.25, 0.3) is 0 Å². The van der Waals surface area contributed by atoms with Crippen molar-refractivity contribution in [3.05, 3.63) is 29.8 Å².